The second kappa shape index (κ2) is 6.61. The van der Waals surface area contributed by atoms with Gasteiger partial charge in [-0.3, -0.25) is 9.71 Å². The molecular weight excluding hydrogens is 370 g/mol. The Labute approximate surface area is 153 Å². The maximum atomic E-state index is 12.6. The maximum absolute atomic E-state index is 12.6. The van der Waals surface area contributed by atoms with Crippen molar-refractivity contribution in [3.63, 3.8) is 0 Å². The molecule has 9 heteroatoms. The molecule has 0 unspecified atom stereocenters. The fourth-order valence-electron chi connectivity index (χ4n) is 2.46. The standard InChI is InChI=1S/C18H13N3O5S/c22-18-20-15-11-14(7-8-16(15)26-18)27(23,24)21-12-4-3-5-13(10-12)25-17-6-1-2-9-19-17/h1-11,21H,(H,20,22). The molecule has 2 aromatic carbocycles. The van der Waals surface area contributed by atoms with Crippen molar-refractivity contribution >= 4 is 26.8 Å². The molecule has 2 aromatic heterocycles. The highest BCUT2D eigenvalue weighted by Gasteiger charge is 2.16. The SMILES string of the molecule is O=c1[nH]c2cc(S(=O)(=O)Nc3cccc(Oc4ccccn4)c3)ccc2o1. The molecule has 0 saturated heterocycles. The number of rotatable bonds is 5. The van der Waals surface area contributed by atoms with Gasteiger partial charge in [-0.1, -0.05) is 12.1 Å². The predicted octanol–water partition coefficient (Wildman–Crippen LogP) is 3.11. The summed E-state index contributed by atoms with van der Waals surface area (Å²) in [6.07, 6.45) is 1.60. The molecule has 0 bridgehead atoms. The van der Waals surface area contributed by atoms with Gasteiger partial charge in [0.2, 0.25) is 5.88 Å². The maximum Gasteiger partial charge on any atom is 0.417 e. The van der Waals surface area contributed by atoms with Gasteiger partial charge in [0.1, 0.15) is 5.75 Å². The summed E-state index contributed by atoms with van der Waals surface area (Å²) < 4.78 is 38.2. The first-order valence-corrected chi connectivity index (χ1v) is 9.33. The van der Waals surface area contributed by atoms with E-state index in [1.807, 2.05) is 0 Å². The topological polar surface area (TPSA) is 114 Å². The summed E-state index contributed by atoms with van der Waals surface area (Å²) in [5.74, 6) is 0.183. The van der Waals surface area contributed by atoms with E-state index in [9.17, 15) is 13.2 Å². The Balaban J connectivity index is 1.60. The van der Waals surface area contributed by atoms with Gasteiger partial charge in [0.05, 0.1) is 16.1 Å². The second-order valence-corrected chi connectivity index (χ2v) is 7.26. The van der Waals surface area contributed by atoms with Crippen LogP contribution >= 0.6 is 0 Å². The molecule has 4 aromatic rings. The summed E-state index contributed by atoms with van der Waals surface area (Å²) >= 11 is 0. The Hall–Kier alpha value is -3.59. The first-order valence-electron chi connectivity index (χ1n) is 7.84. The Morgan fingerprint density at radius 1 is 1.04 bits per heavy atom. The molecule has 0 aliphatic heterocycles. The monoisotopic (exact) mass is 383 g/mol. The van der Waals surface area contributed by atoms with E-state index in [4.69, 9.17) is 9.15 Å². The van der Waals surface area contributed by atoms with Crippen LogP contribution in [0.4, 0.5) is 5.69 Å². The van der Waals surface area contributed by atoms with Crippen LogP contribution in [0.15, 0.2) is 81.0 Å². The molecule has 0 radical (unpaired) electrons. The minimum atomic E-state index is -3.87. The lowest BCUT2D eigenvalue weighted by Crippen LogP contribution is -2.12. The van der Waals surface area contributed by atoms with Gasteiger partial charge in [0, 0.05) is 18.3 Å². The van der Waals surface area contributed by atoms with Crippen molar-refractivity contribution in [1.82, 2.24) is 9.97 Å². The third-order valence-electron chi connectivity index (χ3n) is 3.65. The van der Waals surface area contributed by atoms with E-state index in [2.05, 4.69) is 14.7 Å². The van der Waals surface area contributed by atoms with Gasteiger partial charge in [0.15, 0.2) is 5.58 Å². The van der Waals surface area contributed by atoms with Gasteiger partial charge < -0.3 is 9.15 Å². The molecule has 0 fully saturated rings. The Bertz CT molecular complexity index is 1260. The van der Waals surface area contributed by atoms with Crippen LogP contribution in [-0.2, 0) is 10.0 Å². The van der Waals surface area contributed by atoms with E-state index in [0.29, 0.717) is 22.8 Å². The Kier molecular flexibility index (Phi) is 4.13. The summed E-state index contributed by atoms with van der Waals surface area (Å²) in [6.45, 7) is 0. The molecule has 136 valence electrons. The molecule has 2 N–H and O–H groups in total. The third kappa shape index (κ3) is 3.67. The lowest BCUT2D eigenvalue weighted by Gasteiger charge is -2.10. The van der Waals surface area contributed by atoms with Gasteiger partial charge in [-0.15, -0.1) is 0 Å². The average Bonchev–Trinajstić information content (AvgIpc) is 3.01. The number of ether oxygens (including phenoxy) is 1. The van der Waals surface area contributed by atoms with Gasteiger partial charge in [-0.2, -0.15) is 0 Å². The first kappa shape index (κ1) is 16.9. The predicted molar refractivity (Wildman–Crippen MR) is 98.4 cm³/mol. The number of nitrogens with zero attached hydrogens (tertiary/aromatic N) is 1. The van der Waals surface area contributed by atoms with E-state index >= 15 is 0 Å². The lowest BCUT2D eigenvalue weighted by molar-refractivity contribution is 0.463. The van der Waals surface area contributed by atoms with E-state index in [-0.39, 0.29) is 10.5 Å². The molecule has 0 aliphatic rings. The van der Waals surface area contributed by atoms with Crippen LogP contribution in [0, 0.1) is 0 Å². The summed E-state index contributed by atoms with van der Waals surface area (Å²) in [5.41, 5.74) is 0.907. The molecular formula is C18H13N3O5S. The minimum Gasteiger partial charge on any atom is -0.439 e. The van der Waals surface area contributed by atoms with E-state index < -0.39 is 15.8 Å². The number of H-pyrrole nitrogens is 1. The Morgan fingerprint density at radius 3 is 2.74 bits per heavy atom. The number of hydrogen-bond acceptors (Lipinski definition) is 6. The van der Waals surface area contributed by atoms with Crippen molar-refractivity contribution in [2.75, 3.05) is 4.72 Å². The summed E-state index contributed by atoms with van der Waals surface area (Å²) in [5, 5.41) is 0. The average molecular weight is 383 g/mol. The van der Waals surface area contributed by atoms with Crippen molar-refractivity contribution in [2.24, 2.45) is 0 Å². The van der Waals surface area contributed by atoms with Crippen molar-refractivity contribution in [3.8, 4) is 11.6 Å². The summed E-state index contributed by atoms with van der Waals surface area (Å²) in [7, 11) is -3.87. The van der Waals surface area contributed by atoms with Gasteiger partial charge in [0.25, 0.3) is 10.0 Å². The molecule has 27 heavy (non-hydrogen) atoms. The molecule has 0 atom stereocenters. The molecule has 4 rings (SSSR count). The number of sulfonamides is 1. The van der Waals surface area contributed by atoms with Crippen LogP contribution in [0.2, 0.25) is 0 Å². The molecule has 8 nitrogen and oxygen atoms in total. The number of pyridine rings is 1. The third-order valence-corrected chi connectivity index (χ3v) is 5.03. The fourth-order valence-corrected chi connectivity index (χ4v) is 3.54. The number of oxazole rings is 1. The van der Waals surface area contributed by atoms with Gasteiger partial charge in [-0.05, 0) is 36.4 Å². The smallest absolute Gasteiger partial charge is 0.417 e. The van der Waals surface area contributed by atoms with E-state index in [1.165, 1.54) is 18.2 Å². The van der Waals surface area contributed by atoms with Crippen molar-refractivity contribution < 1.29 is 17.6 Å². The molecule has 2 heterocycles. The van der Waals surface area contributed by atoms with Crippen LogP contribution in [0.1, 0.15) is 0 Å². The first-order chi connectivity index (χ1) is 13.0. The highest BCUT2D eigenvalue weighted by molar-refractivity contribution is 7.92. The quantitative estimate of drug-likeness (QED) is 0.547. The zero-order valence-electron chi connectivity index (χ0n) is 13.7. The summed E-state index contributed by atoms with van der Waals surface area (Å²) in [4.78, 5) is 17.7. The van der Waals surface area contributed by atoms with Crippen LogP contribution in [0.3, 0.4) is 0 Å². The van der Waals surface area contributed by atoms with Crippen LogP contribution in [-0.4, -0.2) is 18.4 Å². The van der Waals surface area contributed by atoms with E-state index in [0.717, 1.165) is 0 Å². The highest BCUT2D eigenvalue weighted by atomic mass is 32.2. The zero-order valence-corrected chi connectivity index (χ0v) is 14.6. The van der Waals surface area contributed by atoms with Crippen molar-refractivity contribution in [3.05, 3.63) is 77.4 Å². The second-order valence-electron chi connectivity index (χ2n) is 5.58. The van der Waals surface area contributed by atoms with Gasteiger partial charge in [-0.25, -0.2) is 18.2 Å². The van der Waals surface area contributed by atoms with Crippen molar-refractivity contribution in [2.45, 2.75) is 4.90 Å². The molecule has 0 aliphatic carbocycles. The molecule has 0 saturated carbocycles. The molecule has 0 amide bonds. The van der Waals surface area contributed by atoms with E-state index in [1.54, 1.807) is 48.7 Å². The number of hydrogen-bond donors (Lipinski definition) is 2. The largest absolute Gasteiger partial charge is 0.439 e. The van der Waals surface area contributed by atoms with Crippen molar-refractivity contribution in [1.29, 1.82) is 0 Å². The zero-order chi connectivity index (χ0) is 18.9. The number of aromatic amines is 1. The Morgan fingerprint density at radius 2 is 1.93 bits per heavy atom. The van der Waals surface area contributed by atoms with Crippen LogP contribution < -0.4 is 15.2 Å². The highest BCUT2D eigenvalue weighted by Crippen LogP contribution is 2.25. The number of nitrogens with one attached hydrogen (secondary N) is 2. The fraction of sp³-hybridized carbons (Fsp3) is 0. The lowest BCUT2D eigenvalue weighted by atomic mass is 10.3. The number of fused-ring (bicyclic) bond motifs is 1. The number of anilines is 1. The van der Waals surface area contributed by atoms with Crippen LogP contribution in [0.5, 0.6) is 11.6 Å². The molecule has 0 spiro atoms. The van der Waals surface area contributed by atoms with Gasteiger partial charge >= 0.3 is 5.76 Å². The normalized spacial score (nSPS) is 11.4. The number of aromatic nitrogens is 2. The van der Waals surface area contributed by atoms with Crippen LogP contribution in [0.25, 0.3) is 11.1 Å². The summed E-state index contributed by atoms with van der Waals surface area (Å²) in [6, 6.07) is 15.8. The number of benzene rings is 2. The minimum absolute atomic E-state index is 0.0110.